The minimum absolute atomic E-state index is 0.0261. The van der Waals surface area contributed by atoms with Crippen LogP contribution in [0.4, 0.5) is 0 Å². The first-order valence-corrected chi connectivity index (χ1v) is 8.99. The Hall–Kier alpha value is -3.14. The summed E-state index contributed by atoms with van der Waals surface area (Å²) in [4.78, 5) is 36.9. The number of nitrogens with zero attached hydrogens (tertiary/aromatic N) is 4. The van der Waals surface area contributed by atoms with E-state index in [9.17, 15) is 24.7 Å². The van der Waals surface area contributed by atoms with Crippen molar-refractivity contribution in [2.45, 2.75) is 39.3 Å². The predicted molar refractivity (Wildman–Crippen MR) is 100 cm³/mol. The lowest BCUT2D eigenvalue weighted by molar-refractivity contribution is -0.153. The number of nitrogens with one attached hydrogen (secondary N) is 1. The van der Waals surface area contributed by atoms with E-state index in [0.29, 0.717) is 17.2 Å². The van der Waals surface area contributed by atoms with Crippen LogP contribution in [0.1, 0.15) is 42.6 Å². The maximum atomic E-state index is 12.8. The highest BCUT2D eigenvalue weighted by Gasteiger charge is 2.29. The molecule has 0 saturated heterocycles. The van der Waals surface area contributed by atoms with Crippen LogP contribution in [0.25, 0.3) is 11.7 Å². The molecule has 0 aliphatic heterocycles. The second kappa shape index (κ2) is 7.47. The van der Waals surface area contributed by atoms with Crippen LogP contribution in [-0.2, 0) is 11.3 Å². The average Bonchev–Trinajstić information content (AvgIpc) is 3.32. The highest BCUT2D eigenvalue weighted by Crippen LogP contribution is 2.24. The van der Waals surface area contributed by atoms with Gasteiger partial charge in [-0.1, -0.05) is 13.8 Å². The van der Waals surface area contributed by atoms with Gasteiger partial charge in [0.25, 0.3) is 17.4 Å². The van der Waals surface area contributed by atoms with E-state index in [4.69, 9.17) is 0 Å². The Balaban J connectivity index is 2.18. The number of carbonyl (C=O) groups excluding carboxylic acids is 2. The minimum Gasteiger partial charge on any atom is -0.494 e. The Morgan fingerprint density at radius 2 is 2.11 bits per heavy atom. The normalized spacial score (nSPS) is 14.2. The molecule has 2 aromatic rings. The molecule has 1 aliphatic carbocycles. The van der Waals surface area contributed by atoms with Gasteiger partial charge in [-0.05, 0) is 24.8 Å². The molecule has 1 saturated carbocycles. The third-order valence-corrected chi connectivity index (χ3v) is 4.32. The molecule has 2 heterocycles. The molecule has 3 rings (SSSR count). The summed E-state index contributed by atoms with van der Waals surface area (Å²) in [5.74, 6) is -1.64. The summed E-state index contributed by atoms with van der Waals surface area (Å²) in [5, 5.41) is 27.1. The molecule has 1 aliphatic rings. The van der Waals surface area contributed by atoms with E-state index in [0.717, 1.165) is 23.4 Å². The lowest BCUT2D eigenvalue weighted by atomic mass is 10.2. The lowest BCUT2D eigenvalue weighted by Gasteiger charge is -2.17. The van der Waals surface area contributed by atoms with E-state index in [1.807, 2.05) is 13.8 Å². The van der Waals surface area contributed by atoms with Gasteiger partial charge in [-0.3, -0.25) is 24.2 Å². The van der Waals surface area contributed by atoms with Crippen molar-refractivity contribution < 1.29 is 19.9 Å². The van der Waals surface area contributed by atoms with Crippen LogP contribution in [0, 0.1) is 5.92 Å². The summed E-state index contributed by atoms with van der Waals surface area (Å²) in [6.45, 7) is 4.17. The fourth-order valence-corrected chi connectivity index (χ4v) is 2.82. The molecule has 0 bridgehead atoms. The number of hydrogen-bond donors (Lipinski definition) is 3. The number of fused-ring (bicyclic) bond motifs is 1. The molecule has 150 valence electrons. The van der Waals surface area contributed by atoms with Crippen molar-refractivity contribution in [2.24, 2.45) is 5.92 Å². The lowest BCUT2D eigenvalue weighted by Crippen LogP contribution is -2.34. The zero-order valence-corrected chi connectivity index (χ0v) is 15.9. The number of hydrogen-bond acceptors (Lipinski definition) is 6. The zero-order valence-electron chi connectivity index (χ0n) is 15.9. The van der Waals surface area contributed by atoms with Crippen molar-refractivity contribution in [2.75, 3.05) is 7.05 Å². The van der Waals surface area contributed by atoms with Gasteiger partial charge in [0, 0.05) is 31.3 Å². The molecule has 10 heteroatoms. The highest BCUT2D eigenvalue weighted by atomic mass is 16.5. The maximum absolute atomic E-state index is 12.8. The van der Waals surface area contributed by atoms with Gasteiger partial charge in [-0.2, -0.15) is 9.61 Å². The summed E-state index contributed by atoms with van der Waals surface area (Å²) < 4.78 is 2.48. The molecule has 1 fully saturated rings. The maximum Gasteiger partial charge on any atom is 0.291 e. The van der Waals surface area contributed by atoms with Crippen LogP contribution < -0.4 is 10.9 Å². The van der Waals surface area contributed by atoms with Crippen LogP contribution in [0.3, 0.4) is 0 Å². The summed E-state index contributed by atoms with van der Waals surface area (Å²) in [5.41, 5.74) is -0.457. The third-order valence-electron chi connectivity index (χ3n) is 4.32. The van der Waals surface area contributed by atoms with Crippen molar-refractivity contribution >= 4 is 23.5 Å². The van der Waals surface area contributed by atoms with Gasteiger partial charge in [0.15, 0.2) is 5.56 Å². The van der Waals surface area contributed by atoms with Crippen molar-refractivity contribution in [1.29, 1.82) is 0 Å². The van der Waals surface area contributed by atoms with E-state index in [2.05, 4.69) is 10.4 Å². The molecule has 2 amide bonds. The van der Waals surface area contributed by atoms with Gasteiger partial charge in [-0.25, -0.2) is 5.06 Å². The van der Waals surface area contributed by atoms with Crippen LogP contribution in [0.2, 0.25) is 0 Å². The fourth-order valence-electron chi connectivity index (χ4n) is 2.82. The Labute approximate surface area is 160 Å². The number of aromatic hydroxyl groups is 1. The summed E-state index contributed by atoms with van der Waals surface area (Å²) in [7, 11) is 1.19. The number of likely N-dealkylation sites (N-methyl/N-ethyl adjacent to an activating group) is 1. The number of carbonyl (C=O) groups is 2. The Morgan fingerprint density at radius 1 is 1.43 bits per heavy atom. The zero-order chi connectivity index (χ0) is 20.6. The molecular formula is C18H23N5O5. The Morgan fingerprint density at radius 3 is 2.68 bits per heavy atom. The molecule has 0 atom stereocenters. The SMILES string of the molecule is CC(C)Cn1c(O)c(C(=O)NC2CC2)c(=O)n2ncc(/C=C/C(=O)N(C)O)c12. The summed E-state index contributed by atoms with van der Waals surface area (Å²) in [6, 6.07) is 0.0261. The molecule has 0 spiro atoms. The first kappa shape index (κ1) is 19.6. The van der Waals surface area contributed by atoms with E-state index in [-0.39, 0.29) is 23.2 Å². The number of rotatable bonds is 6. The Bertz CT molecular complexity index is 1010. The van der Waals surface area contributed by atoms with Gasteiger partial charge < -0.3 is 10.4 Å². The second-order valence-corrected chi connectivity index (χ2v) is 7.29. The molecule has 28 heavy (non-hydrogen) atoms. The molecule has 3 N–H and O–H groups in total. The number of hydroxylamine groups is 2. The van der Waals surface area contributed by atoms with Gasteiger partial charge in [-0.15, -0.1) is 0 Å². The Kier molecular flexibility index (Phi) is 5.23. The first-order chi connectivity index (χ1) is 13.2. The van der Waals surface area contributed by atoms with Crippen LogP contribution >= 0.6 is 0 Å². The molecule has 0 radical (unpaired) electrons. The first-order valence-electron chi connectivity index (χ1n) is 8.99. The molecular weight excluding hydrogens is 366 g/mol. The second-order valence-electron chi connectivity index (χ2n) is 7.29. The van der Waals surface area contributed by atoms with E-state index in [1.165, 1.54) is 23.9 Å². The van der Waals surface area contributed by atoms with E-state index in [1.54, 1.807) is 0 Å². The number of aromatic nitrogens is 3. The average molecular weight is 389 g/mol. The standard InChI is InChI=1S/C18H23N5O5/c1-10(2)9-22-16-11(4-7-13(24)21(3)28)8-19-23(16)18(27)14(17(22)26)15(25)20-12-5-6-12/h4,7-8,10,12,26,28H,5-6,9H2,1-3H3,(H,20,25)/b7-4+. The van der Waals surface area contributed by atoms with Crippen molar-refractivity contribution in [3.05, 3.63) is 33.8 Å². The monoisotopic (exact) mass is 389 g/mol. The van der Waals surface area contributed by atoms with E-state index >= 15 is 0 Å². The van der Waals surface area contributed by atoms with Gasteiger partial charge in [0.2, 0.25) is 5.88 Å². The van der Waals surface area contributed by atoms with Crippen LogP contribution in [-0.4, -0.2) is 54.5 Å². The summed E-state index contributed by atoms with van der Waals surface area (Å²) >= 11 is 0. The smallest absolute Gasteiger partial charge is 0.291 e. The van der Waals surface area contributed by atoms with Gasteiger partial charge >= 0.3 is 0 Å². The highest BCUT2D eigenvalue weighted by molar-refractivity contribution is 5.97. The predicted octanol–water partition coefficient (Wildman–Crippen LogP) is 0.611. The largest absolute Gasteiger partial charge is 0.494 e. The molecule has 10 nitrogen and oxygen atoms in total. The van der Waals surface area contributed by atoms with Crippen molar-refractivity contribution in [3.63, 3.8) is 0 Å². The van der Waals surface area contributed by atoms with Crippen LogP contribution in [0.5, 0.6) is 5.88 Å². The molecule has 0 aromatic carbocycles. The quantitative estimate of drug-likeness (QED) is 0.377. The van der Waals surface area contributed by atoms with Gasteiger partial charge in [0.1, 0.15) is 5.65 Å². The van der Waals surface area contributed by atoms with Crippen LogP contribution in [0.15, 0.2) is 17.1 Å². The fraction of sp³-hybridized carbons (Fsp3) is 0.444. The van der Waals surface area contributed by atoms with Crippen molar-refractivity contribution in [3.8, 4) is 5.88 Å². The topological polar surface area (TPSA) is 129 Å². The third kappa shape index (κ3) is 3.77. The molecule has 0 unspecified atom stereocenters. The van der Waals surface area contributed by atoms with Crippen molar-refractivity contribution in [1.82, 2.24) is 24.6 Å². The van der Waals surface area contributed by atoms with Gasteiger partial charge in [0.05, 0.1) is 6.20 Å². The molecule has 2 aromatic heterocycles. The minimum atomic E-state index is -0.740. The summed E-state index contributed by atoms with van der Waals surface area (Å²) in [6.07, 6.45) is 5.55. The van der Waals surface area contributed by atoms with E-state index < -0.39 is 23.3 Å². The number of amides is 2.